The SMILES string of the molecule is Cc1cnc(N(C)CCOC(C)C)c(N)c1. The average molecular weight is 223 g/mol. The van der Waals surface area contributed by atoms with Crippen LogP contribution in [0.4, 0.5) is 11.5 Å². The van der Waals surface area contributed by atoms with Crippen LogP contribution in [0.2, 0.25) is 0 Å². The van der Waals surface area contributed by atoms with Gasteiger partial charge in [0.1, 0.15) is 0 Å². The standard InChI is InChI=1S/C12H21N3O/c1-9(2)16-6-5-15(4)12-11(13)7-10(3)8-14-12/h7-9H,5-6,13H2,1-4H3. The molecule has 0 aromatic carbocycles. The second kappa shape index (κ2) is 5.70. The van der Waals surface area contributed by atoms with Crippen molar-refractivity contribution in [2.75, 3.05) is 30.8 Å². The Labute approximate surface area is 97.4 Å². The molecule has 0 radical (unpaired) electrons. The summed E-state index contributed by atoms with van der Waals surface area (Å²) < 4.78 is 5.49. The molecule has 2 N–H and O–H groups in total. The van der Waals surface area contributed by atoms with E-state index in [2.05, 4.69) is 4.98 Å². The fourth-order valence-electron chi connectivity index (χ4n) is 1.43. The highest BCUT2D eigenvalue weighted by Gasteiger charge is 2.07. The number of rotatable bonds is 5. The molecule has 0 bridgehead atoms. The molecule has 1 aromatic rings. The highest BCUT2D eigenvalue weighted by molar-refractivity contribution is 5.62. The number of anilines is 2. The topological polar surface area (TPSA) is 51.4 Å². The summed E-state index contributed by atoms with van der Waals surface area (Å²) >= 11 is 0. The molecule has 1 aromatic heterocycles. The van der Waals surface area contributed by atoms with Crippen molar-refractivity contribution >= 4 is 11.5 Å². The van der Waals surface area contributed by atoms with Crippen LogP contribution in [0.25, 0.3) is 0 Å². The Kier molecular flexibility index (Phi) is 4.55. The molecular formula is C12H21N3O. The average Bonchev–Trinajstić information content (AvgIpc) is 2.16. The first-order chi connectivity index (χ1) is 7.50. The lowest BCUT2D eigenvalue weighted by molar-refractivity contribution is 0.0845. The Morgan fingerprint density at radius 2 is 2.19 bits per heavy atom. The van der Waals surface area contributed by atoms with E-state index in [1.54, 1.807) is 0 Å². The first-order valence-electron chi connectivity index (χ1n) is 5.55. The number of hydrogen-bond donors (Lipinski definition) is 1. The van der Waals surface area contributed by atoms with E-state index in [9.17, 15) is 0 Å². The van der Waals surface area contributed by atoms with Gasteiger partial charge in [0.05, 0.1) is 18.4 Å². The lowest BCUT2D eigenvalue weighted by Crippen LogP contribution is -2.25. The molecule has 90 valence electrons. The van der Waals surface area contributed by atoms with Gasteiger partial charge in [-0.2, -0.15) is 0 Å². The lowest BCUT2D eigenvalue weighted by Gasteiger charge is -2.20. The molecule has 4 nitrogen and oxygen atoms in total. The molecule has 4 heteroatoms. The Morgan fingerprint density at radius 1 is 1.50 bits per heavy atom. The highest BCUT2D eigenvalue weighted by Crippen LogP contribution is 2.19. The maximum Gasteiger partial charge on any atom is 0.151 e. The number of hydrogen-bond acceptors (Lipinski definition) is 4. The van der Waals surface area contributed by atoms with E-state index < -0.39 is 0 Å². The van der Waals surface area contributed by atoms with Crippen molar-refractivity contribution in [3.8, 4) is 0 Å². The fourth-order valence-corrected chi connectivity index (χ4v) is 1.43. The number of pyridine rings is 1. The summed E-state index contributed by atoms with van der Waals surface area (Å²) in [6.45, 7) is 7.51. The van der Waals surface area contributed by atoms with Crippen LogP contribution < -0.4 is 10.6 Å². The quantitative estimate of drug-likeness (QED) is 0.827. The van der Waals surface area contributed by atoms with E-state index >= 15 is 0 Å². The molecule has 1 rings (SSSR count). The second-order valence-electron chi connectivity index (χ2n) is 4.27. The van der Waals surface area contributed by atoms with Crippen molar-refractivity contribution in [1.82, 2.24) is 4.98 Å². The first-order valence-corrected chi connectivity index (χ1v) is 5.55. The Balaban J connectivity index is 2.55. The van der Waals surface area contributed by atoms with E-state index in [0.29, 0.717) is 12.3 Å². The van der Waals surface area contributed by atoms with Gasteiger partial charge in [0.2, 0.25) is 0 Å². The van der Waals surface area contributed by atoms with Crippen molar-refractivity contribution in [2.24, 2.45) is 0 Å². The van der Waals surface area contributed by atoms with Gasteiger partial charge >= 0.3 is 0 Å². The van der Waals surface area contributed by atoms with Gasteiger partial charge in [-0.25, -0.2) is 4.98 Å². The Morgan fingerprint density at radius 3 is 2.75 bits per heavy atom. The monoisotopic (exact) mass is 223 g/mol. The molecule has 0 unspecified atom stereocenters. The minimum absolute atomic E-state index is 0.261. The number of nitrogens with zero attached hydrogens (tertiary/aromatic N) is 2. The van der Waals surface area contributed by atoms with Crippen LogP contribution in [0.5, 0.6) is 0 Å². The zero-order valence-electron chi connectivity index (χ0n) is 10.5. The Bertz CT molecular complexity index is 339. The number of aromatic nitrogens is 1. The minimum Gasteiger partial charge on any atom is -0.396 e. The van der Waals surface area contributed by atoms with Crippen molar-refractivity contribution in [1.29, 1.82) is 0 Å². The van der Waals surface area contributed by atoms with Crippen LogP contribution in [0.15, 0.2) is 12.3 Å². The van der Waals surface area contributed by atoms with E-state index in [0.717, 1.165) is 17.9 Å². The van der Waals surface area contributed by atoms with Crippen LogP contribution in [-0.4, -0.2) is 31.3 Å². The molecule has 1 heterocycles. The predicted octanol–water partition coefficient (Wildman–Crippen LogP) is 1.83. The third-order valence-corrected chi connectivity index (χ3v) is 2.27. The molecule has 16 heavy (non-hydrogen) atoms. The first kappa shape index (κ1) is 12.8. The number of ether oxygens (including phenoxy) is 1. The molecular weight excluding hydrogens is 202 g/mol. The maximum atomic E-state index is 5.91. The predicted molar refractivity (Wildman–Crippen MR) is 67.7 cm³/mol. The summed E-state index contributed by atoms with van der Waals surface area (Å²) in [5, 5.41) is 0. The summed E-state index contributed by atoms with van der Waals surface area (Å²) in [5.41, 5.74) is 7.70. The van der Waals surface area contributed by atoms with Gasteiger partial charge in [-0.1, -0.05) is 0 Å². The summed E-state index contributed by atoms with van der Waals surface area (Å²) in [6.07, 6.45) is 2.09. The third kappa shape index (κ3) is 3.70. The van der Waals surface area contributed by atoms with Gasteiger partial charge in [0.25, 0.3) is 0 Å². The molecule has 0 aliphatic rings. The number of nitrogen functional groups attached to an aromatic ring is 1. The van der Waals surface area contributed by atoms with E-state index in [1.165, 1.54) is 0 Å². The van der Waals surface area contributed by atoms with Crippen molar-refractivity contribution in [3.63, 3.8) is 0 Å². The molecule has 0 aliphatic carbocycles. The summed E-state index contributed by atoms with van der Waals surface area (Å²) in [7, 11) is 1.97. The minimum atomic E-state index is 0.261. The van der Waals surface area contributed by atoms with Gasteiger partial charge in [-0.15, -0.1) is 0 Å². The van der Waals surface area contributed by atoms with E-state index in [1.807, 2.05) is 45.0 Å². The number of nitrogens with two attached hydrogens (primary N) is 1. The van der Waals surface area contributed by atoms with Gasteiger partial charge in [0, 0.05) is 19.8 Å². The van der Waals surface area contributed by atoms with Crippen molar-refractivity contribution < 1.29 is 4.74 Å². The molecule has 0 saturated heterocycles. The van der Waals surface area contributed by atoms with Gasteiger partial charge in [-0.05, 0) is 32.4 Å². The van der Waals surface area contributed by atoms with Crippen LogP contribution in [0.1, 0.15) is 19.4 Å². The molecule has 0 spiro atoms. The summed E-state index contributed by atoms with van der Waals surface area (Å²) in [4.78, 5) is 6.33. The molecule has 0 amide bonds. The molecule has 0 atom stereocenters. The maximum absolute atomic E-state index is 5.91. The van der Waals surface area contributed by atoms with Crippen LogP contribution in [0.3, 0.4) is 0 Å². The van der Waals surface area contributed by atoms with E-state index in [4.69, 9.17) is 10.5 Å². The normalized spacial score (nSPS) is 10.8. The smallest absolute Gasteiger partial charge is 0.151 e. The van der Waals surface area contributed by atoms with E-state index in [-0.39, 0.29) is 6.10 Å². The lowest BCUT2D eigenvalue weighted by atomic mass is 10.3. The van der Waals surface area contributed by atoms with Crippen LogP contribution in [0, 0.1) is 6.92 Å². The highest BCUT2D eigenvalue weighted by atomic mass is 16.5. The van der Waals surface area contributed by atoms with Crippen molar-refractivity contribution in [2.45, 2.75) is 26.9 Å². The second-order valence-corrected chi connectivity index (χ2v) is 4.27. The largest absolute Gasteiger partial charge is 0.396 e. The van der Waals surface area contributed by atoms with Crippen LogP contribution in [-0.2, 0) is 4.74 Å². The van der Waals surface area contributed by atoms with Gasteiger partial charge in [0.15, 0.2) is 5.82 Å². The van der Waals surface area contributed by atoms with Gasteiger partial charge < -0.3 is 15.4 Å². The molecule has 0 aliphatic heterocycles. The molecule has 0 saturated carbocycles. The molecule has 0 fully saturated rings. The van der Waals surface area contributed by atoms with Crippen molar-refractivity contribution in [3.05, 3.63) is 17.8 Å². The zero-order valence-corrected chi connectivity index (χ0v) is 10.5. The Hall–Kier alpha value is -1.29. The van der Waals surface area contributed by atoms with Crippen LogP contribution >= 0.6 is 0 Å². The number of aryl methyl sites for hydroxylation is 1. The third-order valence-electron chi connectivity index (χ3n) is 2.27. The number of likely N-dealkylation sites (N-methyl/N-ethyl adjacent to an activating group) is 1. The fraction of sp³-hybridized carbons (Fsp3) is 0.583. The summed E-state index contributed by atoms with van der Waals surface area (Å²) in [5.74, 6) is 0.818. The zero-order chi connectivity index (χ0) is 12.1. The summed E-state index contributed by atoms with van der Waals surface area (Å²) in [6, 6.07) is 1.93. The van der Waals surface area contributed by atoms with Gasteiger partial charge in [-0.3, -0.25) is 0 Å².